The third kappa shape index (κ3) is 1.59. The lowest BCUT2D eigenvalue weighted by Gasteiger charge is -2.25. The van der Waals surface area contributed by atoms with Gasteiger partial charge in [-0.2, -0.15) is 0 Å². The quantitative estimate of drug-likeness (QED) is 0.616. The van der Waals surface area contributed by atoms with E-state index in [-0.39, 0.29) is 0 Å². The van der Waals surface area contributed by atoms with Crippen LogP contribution in [0.3, 0.4) is 0 Å². The molecule has 0 saturated carbocycles. The maximum atomic E-state index is 4.25. The fourth-order valence-corrected chi connectivity index (χ4v) is 2.25. The van der Waals surface area contributed by atoms with E-state index < -0.39 is 0 Å². The highest BCUT2D eigenvalue weighted by molar-refractivity contribution is 5.34. The minimum atomic E-state index is 0.684. The molecule has 0 bridgehead atoms. The number of pyridine rings is 1. The number of aromatic nitrogens is 1. The monoisotopic (exact) mass is 187 g/mol. The molecule has 1 aromatic heterocycles. The Morgan fingerprint density at radius 2 is 2.29 bits per heavy atom. The zero-order valence-electron chi connectivity index (χ0n) is 9.01. The zero-order chi connectivity index (χ0) is 10.1. The number of hydrogen-bond donors (Lipinski definition) is 0. The molecule has 1 heteroatoms. The van der Waals surface area contributed by atoms with Gasteiger partial charge in [0.1, 0.15) is 0 Å². The summed E-state index contributed by atoms with van der Waals surface area (Å²) in [6.07, 6.45) is 7.57. The normalized spacial score (nSPS) is 20.3. The summed E-state index contributed by atoms with van der Waals surface area (Å²) in [7, 11) is 0. The summed E-state index contributed by atoms with van der Waals surface area (Å²) in [5.74, 6) is 0.684. The lowest BCUT2D eigenvalue weighted by molar-refractivity contribution is 0.524. The summed E-state index contributed by atoms with van der Waals surface area (Å²) in [6, 6.07) is 0. The second-order valence-electron chi connectivity index (χ2n) is 4.38. The van der Waals surface area contributed by atoms with Gasteiger partial charge in [-0.15, -0.1) is 0 Å². The van der Waals surface area contributed by atoms with Crippen molar-refractivity contribution in [2.45, 2.75) is 33.1 Å². The van der Waals surface area contributed by atoms with E-state index in [0.717, 1.165) is 0 Å². The molecule has 0 saturated heterocycles. The van der Waals surface area contributed by atoms with Gasteiger partial charge in [-0.3, -0.25) is 4.98 Å². The largest absolute Gasteiger partial charge is 0.264 e. The fourth-order valence-electron chi connectivity index (χ4n) is 2.25. The third-order valence-corrected chi connectivity index (χ3v) is 3.27. The summed E-state index contributed by atoms with van der Waals surface area (Å²) >= 11 is 0. The van der Waals surface area contributed by atoms with E-state index in [4.69, 9.17) is 0 Å². The molecule has 0 N–H and O–H groups in total. The maximum Gasteiger partial charge on any atom is 0.0302 e. The Morgan fingerprint density at radius 3 is 3.00 bits per heavy atom. The van der Waals surface area contributed by atoms with Crippen molar-refractivity contribution < 1.29 is 0 Å². The molecular formula is C13H17N. The topological polar surface area (TPSA) is 12.9 Å². The average Bonchev–Trinajstić information content (AvgIpc) is 2.18. The molecule has 1 heterocycles. The van der Waals surface area contributed by atoms with Crippen molar-refractivity contribution in [3.63, 3.8) is 0 Å². The molecular weight excluding hydrogens is 170 g/mol. The van der Waals surface area contributed by atoms with Crippen LogP contribution in [0.25, 0.3) is 0 Å². The van der Waals surface area contributed by atoms with Gasteiger partial charge < -0.3 is 0 Å². The number of hydrogen-bond acceptors (Lipinski definition) is 1. The minimum absolute atomic E-state index is 0.684. The highest BCUT2D eigenvalue weighted by Crippen LogP contribution is 2.30. The average molecular weight is 187 g/mol. The first-order valence-electron chi connectivity index (χ1n) is 5.26. The molecule has 14 heavy (non-hydrogen) atoms. The second-order valence-corrected chi connectivity index (χ2v) is 4.38. The van der Waals surface area contributed by atoms with Crippen LogP contribution in [0.4, 0.5) is 0 Å². The molecule has 1 aromatic rings. The molecule has 0 unspecified atom stereocenters. The molecule has 1 aliphatic rings. The van der Waals surface area contributed by atoms with E-state index in [1.54, 1.807) is 0 Å². The molecule has 1 atom stereocenters. The molecule has 0 aromatic carbocycles. The molecule has 0 amide bonds. The molecule has 1 nitrogen and oxygen atoms in total. The Hall–Kier alpha value is -1.11. The first-order chi connectivity index (χ1) is 6.68. The van der Waals surface area contributed by atoms with Gasteiger partial charge in [0.2, 0.25) is 0 Å². The predicted octanol–water partition coefficient (Wildman–Crippen LogP) is 3.07. The van der Waals surface area contributed by atoms with Crippen LogP contribution < -0.4 is 0 Å². The van der Waals surface area contributed by atoms with E-state index in [1.165, 1.54) is 41.5 Å². The number of allylic oxidation sites excluding steroid dienone is 1. The third-order valence-electron chi connectivity index (χ3n) is 3.27. The van der Waals surface area contributed by atoms with Gasteiger partial charge >= 0.3 is 0 Å². The summed E-state index contributed by atoms with van der Waals surface area (Å²) in [4.78, 5) is 4.25. The molecule has 0 radical (unpaired) electrons. The van der Waals surface area contributed by atoms with Crippen LogP contribution >= 0.6 is 0 Å². The number of aryl methyl sites for hydroxylation is 2. The van der Waals surface area contributed by atoms with Crippen LogP contribution in [0.15, 0.2) is 24.5 Å². The highest BCUT2D eigenvalue weighted by atomic mass is 14.6. The lowest BCUT2D eigenvalue weighted by atomic mass is 9.80. The Bertz CT molecular complexity index is 365. The SMILES string of the molecule is C=C(C)[C@H]1CCc2cncc(C)c2C1. The van der Waals surface area contributed by atoms with Crippen LogP contribution in [0.2, 0.25) is 0 Å². The van der Waals surface area contributed by atoms with Crippen molar-refractivity contribution in [1.29, 1.82) is 0 Å². The number of fused-ring (bicyclic) bond motifs is 1. The first-order valence-corrected chi connectivity index (χ1v) is 5.26. The standard InChI is InChI=1S/C13H17N/c1-9(2)11-4-5-12-8-14-7-10(3)13(12)6-11/h7-8,11H,1,4-6H2,2-3H3/t11-/m0/s1. The van der Waals surface area contributed by atoms with Crippen molar-refractivity contribution in [3.05, 3.63) is 41.2 Å². The summed E-state index contributed by atoms with van der Waals surface area (Å²) in [6.45, 7) is 8.37. The highest BCUT2D eigenvalue weighted by Gasteiger charge is 2.20. The van der Waals surface area contributed by atoms with Crippen molar-refractivity contribution in [3.8, 4) is 0 Å². The van der Waals surface area contributed by atoms with E-state index >= 15 is 0 Å². The van der Waals surface area contributed by atoms with Crippen molar-refractivity contribution >= 4 is 0 Å². The Balaban J connectivity index is 2.33. The van der Waals surface area contributed by atoms with Gasteiger partial charge in [-0.05, 0) is 55.7 Å². The van der Waals surface area contributed by atoms with Gasteiger partial charge in [0, 0.05) is 12.4 Å². The molecule has 0 spiro atoms. The van der Waals surface area contributed by atoms with Gasteiger partial charge in [-0.25, -0.2) is 0 Å². The number of rotatable bonds is 1. The lowest BCUT2D eigenvalue weighted by Crippen LogP contribution is -2.16. The van der Waals surface area contributed by atoms with Crippen LogP contribution in [0.5, 0.6) is 0 Å². The smallest absolute Gasteiger partial charge is 0.0302 e. The van der Waals surface area contributed by atoms with E-state index in [2.05, 4.69) is 25.4 Å². The molecule has 0 aliphatic heterocycles. The second kappa shape index (κ2) is 3.56. The maximum absolute atomic E-state index is 4.25. The summed E-state index contributed by atoms with van der Waals surface area (Å²) < 4.78 is 0. The van der Waals surface area contributed by atoms with E-state index in [9.17, 15) is 0 Å². The summed E-state index contributed by atoms with van der Waals surface area (Å²) in [5, 5.41) is 0. The van der Waals surface area contributed by atoms with Crippen molar-refractivity contribution in [1.82, 2.24) is 4.98 Å². The van der Waals surface area contributed by atoms with Gasteiger partial charge in [0.15, 0.2) is 0 Å². The van der Waals surface area contributed by atoms with Crippen LogP contribution in [-0.2, 0) is 12.8 Å². The van der Waals surface area contributed by atoms with Crippen LogP contribution in [-0.4, -0.2) is 4.98 Å². The minimum Gasteiger partial charge on any atom is -0.264 e. The Kier molecular flexibility index (Phi) is 2.40. The van der Waals surface area contributed by atoms with Crippen molar-refractivity contribution in [2.24, 2.45) is 5.92 Å². The molecule has 0 fully saturated rings. The van der Waals surface area contributed by atoms with Gasteiger partial charge in [0.25, 0.3) is 0 Å². The van der Waals surface area contributed by atoms with Crippen LogP contribution in [0, 0.1) is 12.8 Å². The molecule has 2 rings (SSSR count). The van der Waals surface area contributed by atoms with E-state index in [0.29, 0.717) is 5.92 Å². The Morgan fingerprint density at radius 1 is 1.50 bits per heavy atom. The summed E-state index contributed by atoms with van der Waals surface area (Å²) in [5.41, 5.74) is 5.63. The van der Waals surface area contributed by atoms with Crippen LogP contribution in [0.1, 0.15) is 30.0 Å². The predicted molar refractivity (Wildman–Crippen MR) is 59.3 cm³/mol. The fraction of sp³-hybridized carbons (Fsp3) is 0.462. The number of nitrogens with zero attached hydrogens (tertiary/aromatic N) is 1. The zero-order valence-corrected chi connectivity index (χ0v) is 9.01. The van der Waals surface area contributed by atoms with Gasteiger partial charge in [0.05, 0.1) is 0 Å². The van der Waals surface area contributed by atoms with Crippen molar-refractivity contribution in [2.75, 3.05) is 0 Å². The van der Waals surface area contributed by atoms with Gasteiger partial charge in [-0.1, -0.05) is 12.2 Å². The van der Waals surface area contributed by atoms with E-state index in [1.807, 2.05) is 12.4 Å². The molecule has 1 aliphatic carbocycles. The Labute approximate surface area is 85.9 Å². The first kappa shape index (κ1) is 9.45. The molecule has 74 valence electrons.